The fourth-order valence-corrected chi connectivity index (χ4v) is 3.43. The minimum atomic E-state index is 0.269. The molecule has 1 atom stereocenters. The molecule has 0 amide bonds. The Balaban J connectivity index is 2.09. The standard InChI is InChI=1S/C12H19NS/c1-8(2)6-10(13)12-7-9-4-3-5-11(9)14-12/h7-8,10H,3-6,13H2,1-2H3. The fourth-order valence-electron chi connectivity index (χ4n) is 2.16. The Morgan fingerprint density at radius 2 is 2.21 bits per heavy atom. The highest BCUT2D eigenvalue weighted by molar-refractivity contribution is 7.12. The van der Waals surface area contributed by atoms with Gasteiger partial charge in [0.05, 0.1) is 0 Å². The Morgan fingerprint density at radius 1 is 1.43 bits per heavy atom. The number of thiophene rings is 1. The zero-order valence-electron chi connectivity index (χ0n) is 9.05. The van der Waals surface area contributed by atoms with E-state index in [1.54, 1.807) is 10.4 Å². The van der Waals surface area contributed by atoms with Crippen LogP contribution in [0.1, 0.15) is 48.0 Å². The lowest BCUT2D eigenvalue weighted by atomic mass is 10.0. The highest BCUT2D eigenvalue weighted by Gasteiger charge is 2.18. The molecule has 0 bridgehead atoms. The summed E-state index contributed by atoms with van der Waals surface area (Å²) in [5.74, 6) is 0.696. The molecule has 2 N–H and O–H groups in total. The van der Waals surface area contributed by atoms with Gasteiger partial charge in [0.15, 0.2) is 0 Å². The average Bonchev–Trinajstić information content (AvgIpc) is 2.58. The molecule has 0 saturated heterocycles. The van der Waals surface area contributed by atoms with E-state index in [2.05, 4.69) is 19.9 Å². The third-order valence-corrected chi connectivity index (χ3v) is 4.23. The van der Waals surface area contributed by atoms with Gasteiger partial charge in [0.2, 0.25) is 0 Å². The Labute approximate surface area is 90.3 Å². The minimum Gasteiger partial charge on any atom is -0.323 e. The zero-order chi connectivity index (χ0) is 10.1. The first kappa shape index (κ1) is 10.2. The number of rotatable bonds is 3. The van der Waals surface area contributed by atoms with Crippen molar-refractivity contribution in [3.8, 4) is 0 Å². The van der Waals surface area contributed by atoms with E-state index < -0.39 is 0 Å². The van der Waals surface area contributed by atoms with E-state index in [1.807, 2.05) is 11.3 Å². The molecule has 0 fully saturated rings. The lowest BCUT2D eigenvalue weighted by Crippen LogP contribution is -2.11. The van der Waals surface area contributed by atoms with Crippen LogP contribution in [0.4, 0.5) is 0 Å². The lowest BCUT2D eigenvalue weighted by molar-refractivity contribution is 0.514. The Hall–Kier alpha value is -0.340. The van der Waals surface area contributed by atoms with Crippen LogP contribution < -0.4 is 5.73 Å². The highest BCUT2D eigenvalue weighted by atomic mass is 32.1. The van der Waals surface area contributed by atoms with Crippen LogP contribution in [0.5, 0.6) is 0 Å². The average molecular weight is 209 g/mol. The van der Waals surface area contributed by atoms with E-state index in [-0.39, 0.29) is 6.04 Å². The second-order valence-electron chi connectivity index (χ2n) is 4.69. The quantitative estimate of drug-likeness (QED) is 0.812. The van der Waals surface area contributed by atoms with Crippen LogP contribution in [0.15, 0.2) is 6.07 Å². The normalized spacial score (nSPS) is 17.4. The third-order valence-electron chi connectivity index (χ3n) is 2.86. The largest absolute Gasteiger partial charge is 0.323 e. The molecule has 2 rings (SSSR count). The Bertz CT molecular complexity index is 293. The maximum Gasteiger partial charge on any atom is 0.0392 e. The van der Waals surface area contributed by atoms with Crippen LogP contribution in [0.25, 0.3) is 0 Å². The smallest absolute Gasteiger partial charge is 0.0392 e. The molecule has 0 spiro atoms. The molecule has 78 valence electrons. The summed E-state index contributed by atoms with van der Waals surface area (Å²) in [5, 5.41) is 0. The van der Waals surface area contributed by atoms with Gasteiger partial charge in [0, 0.05) is 15.8 Å². The summed E-state index contributed by atoms with van der Waals surface area (Å²) in [4.78, 5) is 3.00. The molecule has 0 radical (unpaired) electrons. The second-order valence-corrected chi connectivity index (χ2v) is 5.86. The van der Waals surface area contributed by atoms with Crippen molar-refractivity contribution in [3.63, 3.8) is 0 Å². The topological polar surface area (TPSA) is 26.0 Å². The summed E-state index contributed by atoms with van der Waals surface area (Å²) in [6.07, 6.45) is 5.02. The van der Waals surface area contributed by atoms with Crippen LogP contribution in [0.2, 0.25) is 0 Å². The number of hydrogen-bond acceptors (Lipinski definition) is 2. The van der Waals surface area contributed by atoms with Gasteiger partial charge in [-0.1, -0.05) is 13.8 Å². The molecule has 1 aromatic heterocycles. The maximum absolute atomic E-state index is 6.17. The van der Waals surface area contributed by atoms with Gasteiger partial charge in [-0.15, -0.1) is 11.3 Å². The van der Waals surface area contributed by atoms with Crippen molar-refractivity contribution in [2.24, 2.45) is 11.7 Å². The van der Waals surface area contributed by atoms with Gasteiger partial charge in [0.1, 0.15) is 0 Å². The molecule has 1 aliphatic rings. The van der Waals surface area contributed by atoms with E-state index in [9.17, 15) is 0 Å². The molecule has 1 aliphatic carbocycles. The van der Waals surface area contributed by atoms with Gasteiger partial charge < -0.3 is 5.73 Å². The first-order valence-corrected chi connectivity index (χ1v) is 6.35. The molecule has 1 aromatic rings. The summed E-state index contributed by atoms with van der Waals surface area (Å²) in [5.41, 5.74) is 7.74. The number of fused-ring (bicyclic) bond motifs is 1. The van der Waals surface area contributed by atoms with Crippen molar-refractivity contribution in [1.29, 1.82) is 0 Å². The first-order valence-electron chi connectivity index (χ1n) is 5.54. The summed E-state index contributed by atoms with van der Waals surface area (Å²) in [7, 11) is 0. The highest BCUT2D eigenvalue weighted by Crippen LogP contribution is 2.34. The van der Waals surface area contributed by atoms with Gasteiger partial charge >= 0.3 is 0 Å². The van der Waals surface area contributed by atoms with Gasteiger partial charge in [0.25, 0.3) is 0 Å². The molecule has 0 saturated carbocycles. The Morgan fingerprint density at radius 3 is 2.86 bits per heavy atom. The van der Waals surface area contributed by atoms with Crippen molar-refractivity contribution in [3.05, 3.63) is 21.4 Å². The van der Waals surface area contributed by atoms with Crippen LogP contribution >= 0.6 is 11.3 Å². The van der Waals surface area contributed by atoms with Crippen molar-refractivity contribution in [2.75, 3.05) is 0 Å². The van der Waals surface area contributed by atoms with Crippen molar-refractivity contribution < 1.29 is 0 Å². The molecule has 1 nitrogen and oxygen atoms in total. The summed E-state index contributed by atoms with van der Waals surface area (Å²) >= 11 is 1.95. The third kappa shape index (κ3) is 2.01. The van der Waals surface area contributed by atoms with Gasteiger partial charge in [-0.05, 0) is 43.2 Å². The van der Waals surface area contributed by atoms with Crippen LogP contribution in [0, 0.1) is 5.92 Å². The summed E-state index contributed by atoms with van der Waals surface area (Å²) < 4.78 is 0. The molecule has 14 heavy (non-hydrogen) atoms. The summed E-state index contributed by atoms with van der Waals surface area (Å²) in [6.45, 7) is 4.47. The predicted octanol–water partition coefficient (Wildman–Crippen LogP) is 3.28. The number of hydrogen-bond donors (Lipinski definition) is 1. The fraction of sp³-hybridized carbons (Fsp3) is 0.667. The van der Waals surface area contributed by atoms with E-state index in [0.29, 0.717) is 5.92 Å². The van der Waals surface area contributed by atoms with Crippen LogP contribution in [-0.2, 0) is 12.8 Å². The van der Waals surface area contributed by atoms with Crippen molar-refractivity contribution >= 4 is 11.3 Å². The van der Waals surface area contributed by atoms with Crippen molar-refractivity contribution in [1.82, 2.24) is 0 Å². The Kier molecular flexibility index (Phi) is 2.93. The van der Waals surface area contributed by atoms with Gasteiger partial charge in [-0.25, -0.2) is 0 Å². The molecule has 0 aliphatic heterocycles. The van der Waals surface area contributed by atoms with E-state index >= 15 is 0 Å². The monoisotopic (exact) mass is 209 g/mol. The molecule has 2 heteroatoms. The lowest BCUT2D eigenvalue weighted by Gasteiger charge is -2.11. The van der Waals surface area contributed by atoms with E-state index in [4.69, 9.17) is 5.73 Å². The summed E-state index contributed by atoms with van der Waals surface area (Å²) in [6, 6.07) is 2.62. The van der Waals surface area contributed by atoms with Crippen LogP contribution in [-0.4, -0.2) is 0 Å². The molecule has 1 heterocycles. The molecular formula is C12H19NS. The second kappa shape index (κ2) is 4.03. The first-order chi connectivity index (χ1) is 6.66. The SMILES string of the molecule is CC(C)CC(N)c1cc2c(s1)CCC2. The van der Waals surface area contributed by atoms with Gasteiger partial charge in [-0.2, -0.15) is 0 Å². The maximum atomic E-state index is 6.17. The zero-order valence-corrected chi connectivity index (χ0v) is 9.86. The van der Waals surface area contributed by atoms with Crippen molar-refractivity contribution in [2.45, 2.75) is 45.6 Å². The molecular weight excluding hydrogens is 190 g/mol. The van der Waals surface area contributed by atoms with Gasteiger partial charge in [-0.3, -0.25) is 0 Å². The van der Waals surface area contributed by atoms with Crippen LogP contribution in [0.3, 0.4) is 0 Å². The number of nitrogens with two attached hydrogens (primary N) is 1. The van der Waals surface area contributed by atoms with E-state index in [0.717, 1.165) is 6.42 Å². The predicted molar refractivity (Wildman–Crippen MR) is 62.7 cm³/mol. The number of aryl methyl sites for hydroxylation is 2. The molecule has 0 aromatic carbocycles. The van der Waals surface area contributed by atoms with E-state index in [1.165, 1.54) is 24.1 Å². The molecule has 1 unspecified atom stereocenters. The minimum absolute atomic E-state index is 0.269.